The molecular formula is C20H31N5O4. The van der Waals surface area contributed by atoms with Crippen LogP contribution in [0.1, 0.15) is 26.7 Å². The fourth-order valence-corrected chi connectivity index (χ4v) is 3.49. The molecule has 1 fully saturated rings. The second-order valence-electron chi connectivity index (χ2n) is 7.03. The molecule has 1 aromatic carbocycles. The molecule has 0 unspecified atom stereocenters. The van der Waals surface area contributed by atoms with Crippen molar-refractivity contribution in [3.8, 4) is 0 Å². The molecule has 9 heteroatoms. The van der Waals surface area contributed by atoms with E-state index in [1.807, 2.05) is 23.6 Å². The zero-order valence-corrected chi connectivity index (χ0v) is 17.3. The molecule has 29 heavy (non-hydrogen) atoms. The molecule has 1 saturated heterocycles. The second kappa shape index (κ2) is 11.4. The zero-order chi connectivity index (χ0) is 21.2. The van der Waals surface area contributed by atoms with Gasteiger partial charge >= 0.3 is 0 Å². The Hall–Kier alpha value is -2.68. The monoisotopic (exact) mass is 405 g/mol. The number of carbonyl (C=O) groups is 2. The summed E-state index contributed by atoms with van der Waals surface area (Å²) in [6.45, 7) is 8.83. The quantitative estimate of drug-likeness (QED) is 0.497. The first-order valence-corrected chi connectivity index (χ1v) is 10.2. The van der Waals surface area contributed by atoms with Crippen LogP contribution in [0.3, 0.4) is 0 Å². The first-order chi connectivity index (χ1) is 14.0. The van der Waals surface area contributed by atoms with E-state index in [9.17, 15) is 19.7 Å². The molecule has 1 aromatic rings. The molecular weight excluding hydrogens is 374 g/mol. The summed E-state index contributed by atoms with van der Waals surface area (Å²) in [4.78, 5) is 41.2. The molecule has 160 valence electrons. The van der Waals surface area contributed by atoms with Crippen molar-refractivity contribution in [2.75, 3.05) is 57.7 Å². The van der Waals surface area contributed by atoms with E-state index in [0.717, 1.165) is 13.0 Å². The summed E-state index contributed by atoms with van der Waals surface area (Å²) >= 11 is 0. The van der Waals surface area contributed by atoms with Crippen molar-refractivity contribution in [3.05, 3.63) is 34.4 Å². The standard InChI is InChI=1S/C20H31N5O4/c1-3-23(4-2)20(27)16-22-12-7-13-24(15-14-22)19(26)10-11-21-17-8-5-6-9-18(17)25(28)29/h5-6,8-9,21H,3-4,7,10-16H2,1-2H3. The molecule has 0 bridgehead atoms. The number of hydrogen-bond acceptors (Lipinski definition) is 6. The van der Waals surface area contributed by atoms with Crippen molar-refractivity contribution in [2.24, 2.45) is 0 Å². The minimum absolute atomic E-state index is 0.00299. The number of nitrogens with zero attached hydrogens (tertiary/aromatic N) is 4. The Morgan fingerprint density at radius 2 is 1.86 bits per heavy atom. The van der Waals surface area contributed by atoms with Crippen LogP contribution in [0.4, 0.5) is 11.4 Å². The number of hydrogen-bond donors (Lipinski definition) is 1. The number of rotatable bonds is 9. The van der Waals surface area contributed by atoms with E-state index in [1.54, 1.807) is 18.2 Å². The Labute approximate surface area is 171 Å². The van der Waals surface area contributed by atoms with Gasteiger partial charge in [0.25, 0.3) is 5.69 Å². The maximum absolute atomic E-state index is 12.5. The maximum atomic E-state index is 12.5. The van der Waals surface area contributed by atoms with Crippen LogP contribution in [0.2, 0.25) is 0 Å². The van der Waals surface area contributed by atoms with E-state index >= 15 is 0 Å². The third kappa shape index (κ3) is 6.70. The van der Waals surface area contributed by atoms with Gasteiger partial charge in [0.15, 0.2) is 0 Å². The summed E-state index contributed by atoms with van der Waals surface area (Å²) in [7, 11) is 0. The molecule has 2 amide bonds. The number of amides is 2. The van der Waals surface area contributed by atoms with Crippen molar-refractivity contribution >= 4 is 23.2 Å². The van der Waals surface area contributed by atoms with Crippen LogP contribution in [0.5, 0.6) is 0 Å². The largest absolute Gasteiger partial charge is 0.379 e. The van der Waals surface area contributed by atoms with Crippen LogP contribution < -0.4 is 5.32 Å². The number of nitro benzene ring substituents is 1. The fraction of sp³-hybridized carbons (Fsp3) is 0.600. The fourth-order valence-electron chi connectivity index (χ4n) is 3.49. The van der Waals surface area contributed by atoms with E-state index in [2.05, 4.69) is 10.2 Å². The smallest absolute Gasteiger partial charge is 0.292 e. The minimum atomic E-state index is -0.437. The van der Waals surface area contributed by atoms with Gasteiger partial charge in [-0.05, 0) is 26.3 Å². The van der Waals surface area contributed by atoms with Crippen LogP contribution in [0.15, 0.2) is 24.3 Å². The van der Waals surface area contributed by atoms with Gasteiger partial charge in [0, 0.05) is 58.3 Å². The first kappa shape index (κ1) is 22.6. The summed E-state index contributed by atoms with van der Waals surface area (Å²) < 4.78 is 0. The summed E-state index contributed by atoms with van der Waals surface area (Å²) in [5.41, 5.74) is 0.422. The van der Waals surface area contributed by atoms with Gasteiger partial charge in [-0.25, -0.2) is 0 Å². The molecule has 0 radical (unpaired) electrons. The maximum Gasteiger partial charge on any atom is 0.292 e. The molecule has 1 aliphatic heterocycles. The van der Waals surface area contributed by atoms with Crippen LogP contribution in [0, 0.1) is 10.1 Å². The van der Waals surface area contributed by atoms with Crippen LogP contribution >= 0.6 is 0 Å². The molecule has 1 N–H and O–H groups in total. The molecule has 0 spiro atoms. The summed E-state index contributed by atoms with van der Waals surface area (Å²) in [6, 6.07) is 6.41. The van der Waals surface area contributed by atoms with E-state index < -0.39 is 4.92 Å². The Morgan fingerprint density at radius 1 is 1.14 bits per heavy atom. The highest BCUT2D eigenvalue weighted by Gasteiger charge is 2.22. The highest BCUT2D eigenvalue weighted by molar-refractivity contribution is 5.78. The van der Waals surface area contributed by atoms with Gasteiger partial charge in [-0.15, -0.1) is 0 Å². The summed E-state index contributed by atoms with van der Waals surface area (Å²) in [6.07, 6.45) is 1.10. The molecule has 1 aliphatic rings. The van der Waals surface area contributed by atoms with Crippen LogP contribution in [-0.4, -0.2) is 83.8 Å². The lowest BCUT2D eigenvalue weighted by Gasteiger charge is -2.25. The third-order valence-electron chi connectivity index (χ3n) is 5.17. The van der Waals surface area contributed by atoms with Crippen molar-refractivity contribution < 1.29 is 14.5 Å². The van der Waals surface area contributed by atoms with Gasteiger partial charge < -0.3 is 15.1 Å². The Kier molecular flexibility index (Phi) is 8.85. The lowest BCUT2D eigenvalue weighted by Crippen LogP contribution is -2.42. The average Bonchev–Trinajstić information content (AvgIpc) is 2.94. The number of para-hydroxylation sites is 2. The third-order valence-corrected chi connectivity index (χ3v) is 5.17. The lowest BCUT2D eigenvalue weighted by atomic mass is 10.2. The summed E-state index contributed by atoms with van der Waals surface area (Å²) in [5.74, 6) is 0.149. The number of anilines is 1. The lowest BCUT2D eigenvalue weighted by molar-refractivity contribution is -0.384. The average molecular weight is 405 g/mol. The number of nitro groups is 1. The predicted octanol–water partition coefficient (Wildman–Crippen LogP) is 1.80. The van der Waals surface area contributed by atoms with Gasteiger partial charge in [-0.1, -0.05) is 12.1 Å². The molecule has 0 aliphatic carbocycles. The summed E-state index contributed by atoms with van der Waals surface area (Å²) in [5, 5.41) is 14.0. The Morgan fingerprint density at radius 3 is 2.55 bits per heavy atom. The SMILES string of the molecule is CCN(CC)C(=O)CN1CCCN(C(=O)CCNc2ccccc2[N+](=O)[O-])CC1. The first-order valence-electron chi connectivity index (χ1n) is 10.2. The molecule has 9 nitrogen and oxygen atoms in total. The predicted molar refractivity (Wildman–Crippen MR) is 112 cm³/mol. The van der Waals surface area contributed by atoms with E-state index in [1.165, 1.54) is 6.07 Å². The van der Waals surface area contributed by atoms with Crippen molar-refractivity contribution in [1.29, 1.82) is 0 Å². The molecule has 1 heterocycles. The van der Waals surface area contributed by atoms with Crippen LogP contribution in [-0.2, 0) is 9.59 Å². The van der Waals surface area contributed by atoms with E-state index in [-0.39, 0.29) is 23.9 Å². The van der Waals surface area contributed by atoms with Gasteiger partial charge in [-0.3, -0.25) is 24.6 Å². The zero-order valence-electron chi connectivity index (χ0n) is 17.3. The molecule has 0 atom stereocenters. The van der Waals surface area contributed by atoms with Crippen molar-refractivity contribution in [3.63, 3.8) is 0 Å². The Balaban J connectivity index is 1.79. The number of likely N-dealkylation sites (N-methyl/N-ethyl adjacent to an activating group) is 1. The molecule has 0 saturated carbocycles. The van der Waals surface area contributed by atoms with Crippen LogP contribution in [0.25, 0.3) is 0 Å². The van der Waals surface area contributed by atoms with E-state index in [4.69, 9.17) is 0 Å². The number of nitrogens with one attached hydrogen (secondary N) is 1. The normalized spacial score (nSPS) is 14.9. The molecule has 0 aromatic heterocycles. The highest BCUT2D eigenvalue weighted by atomic mass is 16.6. The minimum Gasteiger partial charge on any atom is -0.379 e. The van der Waals surface area contributed by atoms with Gasteiger partial charge in [-0.2, -0.15) is 0 Å². The van der Waals surface area contributed by atoms with Crippen molar-refractivity contribution in [1.82, 2.24) is 14.7 Å². The Bertz CT molecular complexity index is 708. The molecule has 2 rings (SSSR count). The van der Waals surface area contributed by atoms with Gasteiger partial charge in [0.05, 0.1) is 11.5 Å². The second-order valence-corrected chi connectivity index (χ2v) is 7.03. The van der Waals surface area contributed by atoms with Crippen molar-refractivity contribution in [2.45, 2.75) is 26.7 Å². The van der Waals surface area contributed by atoms with Gasteiger partial charge in [0.2, 0.25) is 11.8 Å². The topological polar surface area (TPSA) is 99.0 Å². The highest BCUT2D eigenvalue weighted by Crippen LogP contribution is 2.23. The van der Waals surface area contributed by atoms with E-state index in [0.29, 0.717) is 51.5 Å². The number of benzene rings is 1. The number of carbonyl (C=O) groups excluding carboxylic acids is 2. The van der Waals surface area contributed by atoms with Gasteiger partial charge in [0.1, 0.15) is 5.69 Å².